The van der Waals surface area contributed by atoms with Gasteiger partial charge in [-0.05, 0) is 19.5 Å². The second kappa shape index (κ2) is 4.35. The molecular formula is C9H15N. The summed E-state index contributed by atoms with van der Waals surface area (Å²) in [6.45, 7) is 5.81. The summed E-state index contributed by atoms with van der Waals surface area (Å²) in [6, 6.07) is 0. The van der Waals surface area contributed by atoms with E-state index in [2.05, 4.69) is 23.7 Å². The topological polar surface area (TPSA) is 3.24 Å². The molecule has 56 valence electrons. The first-order valence-electron chi connectivity index (χ1n) is 4.11. The van der Waals surface area contributed by atoms with Crippen LogP contribution in [0.4, 0.5) is 0 Å². The van der Waals surface area contributed by atoms with Gasteiger partial charge in [-0.25, -0.2) is 0 Å². The predicted octanol–water partition coefficient (Wildman–Crippen LogP) is 1.50. The van der Waals surface area contributed by atoms with Crippen LogP contribution in [-0.4, -0.2) is 24.5 Å². The van der Waals surface area contributed by atoms with Crippen molar-refractivity contribution in [1.82, 2.24) is 4.90 Å². The summed E-state index contributed by atoms with van der Waals surface area (Å²) in [5, 5.41) is 0. The molecule has 0 radical (unpaired) electrons. The smallest absolute Gasteiger partial charge is 0.0217 e. The van der Waals surface area contributed by atoms with E-state index in [0.717, 1.165) is 12.8 Å². The second-order valence-electron chi connectivity index (χ2n) is 2.64. The molecule has 0 fully saturated rings. The molecule has 1 heteroatoms. The zero-order valence-electron chi connectivity index (χ0n) is 6.69. The molecule has 0 N–H and O–H groups in total. The fourth-order valence-electron chi connectivity index (χ4n) is 1.21. The van der Waals surface area contributed by atoms with Crippen molar-refractivity contribution in [3.63, 3.8) is 0 Å². The molecule has 0 saturated heterocycles. The quantitative estimate of drug-likeness (QED) is 0.495. The van der Waals surface area contributed by atoms with Gasteiger partial charge < -0.3 is 4.90 Å². The summed E-state index contributed by atoms with van der Waals surface area (Å²) >= 11 is 0. The third-order valence-electron chi connectivity index (χ3n) is 1.90. The normalized spacial score (nSPS) is 20.5. The lowest BCUT2D eigenvalue weighted by molar-refractivity contribution is 0.291. The van der Waals surface area contributed by atoms with Gasteiger partial charge in [0, 0.05) is 19.4 Å². The van der Waals surface area contributed by atoms with Crippen LogP contribution in [0, 0.1) is 11.8 Å². The molecule has 1 aliphatic heterocycles. The molecule has 1 nitrogen and oxygen atoms in total. The number of rotatable bonds is 1. The average molecular weight is 137 g/mol. The largest absolute Gasteiger partial charge is 0.303 e. The van der Waals surface area contributed by atoms with E-state index >= 15 is 0 Å². The number of hydrogen-bond acceptors (Lipinski definition) is 1. The van der Waals surface area contributed by atoms with Crippen molar-refractivity contribution >= 4 is 0 Å². The molecule has 0 spiro atoms. The van der Waals surface area contributed by atoms with Crippen molar-refractivity contribution in [2.24, 2.45) is 0 Å². The van der Waals surface area contributed by atoms with Gasteiger partial charge in [-0.2, -0.15) is 0 Å². The highest BCUT2D eigenvalue weighted by Crippen LogP contribution is 1.98. The summed E-state index contributed by atoms with van der Waals surface area (Å²) < 4.78 is 0. The molecule has 0 aromatic carbocycles. The van der Waals surface area contributed by atoms with Gasteiger partial charge in [0.25, 0.3) is 0 Å². The summed E-state index contributed by atoms with van der Waals surface area (Å²) in [6.07, 6.45) is 3.41. The zero-order valence-corrected chi connectivity index (χ0v) is 6.69. The van der Waals surface area contributed by atoms with Crippen LogP contribution in [0.1, 0.15) is 26.2 Å². The van der Waals surface area contributed by atoms with Crippen molar-refractivity contribution in [1.29, 1.82) is 0 Å². The lowest BCUT2D eigenvalue weighted by Crippen LogP contribution is -2.26. The van der Waals surface area contributed by atoms with E-state index in [4.69, 9.17) is 0 Å². The molecule has 0 amide bonds. The maximum absolute atomic E-state index is 3.16. The van der Waals surface area contributed by atoms with Gasteiger partial charge in [0.05, 0.1) is 0 Å². The molecule has 10 heavy (non-hydrogen) atoms. The standard InChI is InChI=1S/C9H15N/c1-2-10-8-6-4-3-5-7-9-10/h2,4,6-9H2,1H3. The van der Waals surface area contributed by atoms with Crippen LogP contribution >= 0.6 is 0 Å². The van der Waals surface area contributed by atoms with Crippen molar-refractivity contribution in [3.8, 4) is 11.8 Å². The van der Waals surface area contributed by atoms with E-state index in [1.54, 1.807) is 0 Å². The highest BCUT2D eigenvalue weighted by Gasteiger charge is 2.00. The molecule has 1 heterocycles. The minimum absolute atomic E-state index is 1.06. The maximum Gasteiger partial charge on any atom is 0.0217 e. The first-order chi connectivity index (χ1) is 4.93. The summed E-state index contributed by atoms with van der Waals surface area (Å²) in [7, 11) is 0. The SMILES string of the molecule is CCN1CCC#CCCC1. The third-order valence-corrected chi connectivity index (χ3v) is 1.90. The van der Waals surface area contributed by atoms with Gasteiger partial charge >= 0.3 is 0 Å². The monoisotopic (exact) mass is 137 g/mol. The molecule has 0 aliphatic carbocycles. The van der Waals surface area contributed by atoms with Crippen LogP contribution in [0.15, 0.2) is 0 Å². The molecule has 0 aromatic heterocycles. The number of hydrogen-bond donors (Lipinski definition) is 0. The Balaban J connectivity index is 2.31. The lowest BCUT2D eigenvalue weighted by atomic mass is 10.2. The Morgan fingerprint density at radius 2 is 2.00 bits per heavy atom. The first kappa shape index (κ1) is 7.63. The predicted molar refractivity (Wildman–Crippen MR) is 43.7 cm³/mol. The van der Waals surface area contributed by atoms with Crippen LogP contribution in [0.3, 0.4) is 0 Å². The van der Waals surface area contributed by atoms with E-state index < -0.39 is 0 Å². The second-order valence-corrected chi connectivity index (χ2v) is 2.64. The fraction of sp³-hybridized carbons (Fsp3) is 0.778. The average Bonchev–Trinajstić information content (AvgIpc) is 1.87. The molecule has 0 unspecified atom stereocenters. The van der Waals surface area contributed by atoms with Crippen LogP contribution in [0.5, 0.6) is 0 Å². The van der Waals surface area contributed by atoms with Crippen molar-refractivity contribution in [2.75, 3.05) is 19.6 Å². The molecular weight excluding hydrogens is 122 g/mol. The minimum Gasteiger partial charge on any atom is -0.303 e. The van der Waals surface area contributed by atoms with Crippen LogP contribution in [-0.2, 0) is 0 Å². The molecule has 1 aliphatic rings. The highest BCUT2D eigenvalue weighted by atomic mass is 15.1. The maximum atomic E-state index is 3.16. The van der Waals surface area contributed by atoms with Crippen molar-refractivity contribution in [3.05, 3.63) is 0 Å². The fourth-order valence-corrected chi connectivity index (χ4v) is 1.21. The Morgan fingerprint density at radius 3 is 2.80 bits per heavy atom. The van der Waals surface area contributed by atoms with E-state index in [-0.39, 0.29) is 0 Å². The van der Waals surface area contributed by atoms with Crippen LogP contribution < -0.4 is 0 Å². The van der Waals surface area contributed by atoms with Gasteiger partial charge in [-0.15, -0.1) is 11.8 Å². The van der Waals surface area contributed by atoms with Gasteiger partial charge in [-0.1, -0.05) is 6.92 Å². The van der Waals surface area contributed by atoms with Gasteiger partial charge in [0.1, 0.15) is 0 Å². The third kappa shape index (κ3) is 2.41. The molecule has 1 rings (SSSR count). The molecule has 0 saturated carbocycles. The van der Waals surface area contributed by atoms with E-state index in [9.17, 15) is 0 Å². The molecule has 0 bridgehead atoms. The Hall–Kier alpha value is -0.480. The van der Waals surface area contributed by atoms with Gasteiger partial charge in [0.2, 0.25) is 0 Å². The van der Waals surface area contributed by atoms with Crippen LogP contribution in [0.2, 0.25) is 0 Å². The van der Waals surface area contributed by atoms with E-state index in [1.807, 2.05) is 0 Å². The first-order valence-corrected chi connectivity index (χ1v) is 4.11. The summed E-state index contributed by atoms with van der Waals surface area (Å²) in [4.78, 5) is 2.47. The summed E-state index contributed by atoms with van der Waals surface area (Å²) in [5.74, 6) is 6.32. The molecule has 0 atom stereocenters. The Labute approximate surface area is 63.4 Å². The van der Waals surface area contributed by atoms with Gasteiger partial charge in [-0.3, -0.25) is 0 Å². The van der Waals surface area contributed by atoms with E-state index in [0.29, 0.717) is 0 Å². The summed E-state index contributed by atoms with van der Waals surface area (Å²) in [5.41, 5.74) is 0. The molecule has 0 aromatic rings. The Kier molecular flexibility index (Phi) is 3.32. The van der Waals surface area contributed by atoms with Gasteiger partial charge in [0.15, 0.2) is 0 Å². The van der Waals surface area contributed by atoms with Crippen molar-refractivity contribution < 1.29 is 0 Å². The highest BCUT2D eigenvalue weighted by molar-refractivity contribution is 5.00. The minimum atomic E-state index is 1.06. The Morgan fingerprint density at radius 1 is 1.20 bits per heavy atom. The Bertz CT molecular complexity index is 141. The van der Waals surface area contributed by atoms with Crippen LogP contribution in [0.25, 0.3) is 0 Å². The van der Waals surface area contributed by atoms with E-state index in [1.165, 1.54) is 26.1 Å². The lowest BCUT2D eigenvalue weighted by Gasteiger charge is -2.19. The zero-order chi connectivity index (χ0) is 7.23. The number of nitrogens with zero attached hydrogens (tertiary/aromatic N) is 1. The van der Waals surface area contributed by atoms with Crippen molar-refractivity contribution in [2.45, 2.75) is 26.2 Å².